The van der Waals surface area contributed by atoms with Gasteiger partial charge in [-0.15, -0.1) is 0 Å². The van der Waals surface area contributed by atoms with Crippen LogP contribution in [0, 0.1) is 0 Å². The Morgan fingerprint density at radius 3 is 2.77 bits per heavy atom. The molecule has 0 saturated carbocycles. The Bertz CT molecular complexity index is 204. The Hall–Kier alpha value is -0.680. The lowest BCUT2D eigenvalue weighted by Crippen LogP contribution is -2.26. The van der Waals surface area contributed by atoms with Crippen LogP contribution >= 0.6 is 0 Å². The topological polar surface area (TPSA) is 55.8 Å². The fourth-order valence-corrected chi connectivity index (χ4v) is 1.21. The molecular weight excluding hydrogens is 179 g/mol. The van der Waals surface area contributed by atoms with Gasteiger partial charge in [0.15, 0.2) is 12.0 Å². The van der Waals surface area contributed by atoms with Gasteiger partial charge in [-0.25, -0.2) is 9.18 Å². The summed E-state index contributed by atoms with van der Waals surface area (Å²) in [6.45, 7) is 3.67. The second kappa shape index (κ2) is 3.59. The van der Waals surface area contributed by atoms with Gasteiger partial charge < -0.3 is 14.6 Å². The molecule has 0 radical (unpaired) electrons. The maximum absolute atomic E-state index is 12.7. The Morgan fingerprint density at radius 1 is 1.77 bits per heavy atom. The van der Waals surface area contributed by atoms with Gasteiger partial charge in [0.25, 0.3) is 0 Å². The second-order valence-electron chi connectivity index (χ2n) is 3.49. The molecule has 5 heteroatoms. The van der Waals surface area contributed by atoms with Gasteiger partial charge in [0.1, 0.15) is 0 Å². The minimum absolute atomic E-state index is 0.154. The van der Waals surface area contributed by atoms with Crippen LogP contribution in [0.15, 0.2) is 0 Å². The van der Waals surface area contributed by atoms with E-state index in [-0.39, 0.29) is 13.0 Å². The number of rotatable bonds is 3. The molecule has 1 aliphatic heterocycles. The average Bonchev–Trinajstić information content (AvgIpc) is 2.30. The molecule has 0 aromatic heterocycles. The minimum Gasteiger partial charge on any atom is -0.479 e. The maximum atomic E-state index is 12.7. The van der Waals surface area contributed by atoms with Gasteiger partial charge in [-0.1, -0.05) is 0 Å². The third-order valence-corrected chi connectivity index (χ3v) is 1.81. The molecule has 0 bridgehead atoms. The van der Waals surface area contributed by atoms with Gasteiger partial charge in [-0.2, -0.15) is 0 Å². The highest BCUT2D eigenvalue weighted by Crippen LogP contribution is 2.25. The summed E-state index contributed by atoms with van der Waals surface area (Å²) in [7, 11) is 0. The van der Waals surface area contributed by atoms with Gasteiger partial charge in [0.2, 0.25) is 0 Å². The third-order valence-electron chi connectivity index (χ3n) is 1.81. The van der Waals surface area contributed by atoms with E-state index in [0.29, 0.717) is 0 Å². The summed E-state index contributed by atoms with van der Waals surface area (Å²) >= 11 is 0. The van der Waals surface area contributed by atoms with Crippen molar-refractivity contribution in [1.82, 2.24) is 0 Å². The average molecular weight is 192 g/mol. The number of carbonyl (C=O) groups is 1. The van der Waals surface area contributed by atoms with E-state index in [4.69, 9.17) is 14.6 Å². The van der Waals surface area contributed by atoms with E-state index in [1.165, 1.54) is 0 Å². The fourth-order valence-electron chi connectivity index (χ4n) is 1.21. The number of carboxylic acid groups (broad SMARTS) is 1. The van der Waals surface area contributed by atoms with Crippen LogP contribution in [0.25, 0.3) is 0 Å². The van der Waals surface area contributed by atoms with Gasteiger partial charge in [-0.05, 0) is 13.8 Å². The number of carboxylic acids is 1. The van der Waals surface area contributed by atoms with Crippen LogP contribution in [0.4, 0.5) is 4.39 Å². The van der Waals surface area contributed by atoms with Crippen LogP contribution in [0.1, 0.15) is 20.3 Å². The first-order valence-corrected chi connectivity index (χ1v) is 4.09. The summed E-state index contributed by atoms with van der Waals surface area (Å²) in [5.41, 5.74) is 0. The minimum atomic E-state index is -1.87. The van der Waals surface area contributed by atoms with E-state index in [0.717, 1.165) is 0 Å². The SMILES string of the molecule is CC1(C)OCC(CC(F)C(=O)O)O1. The monoisotopic (exact) mass is 192 g/mol. The quantitative estimate of drug-likeness (QED) is 0.723. The Labute approximate surface area is 75.6 Å². The summed E-state index contributed by atoms with van der Waals surface area (Å²) in [4.78, 5) is 10.2. The molecule has 13 heavy (non-hydrogen) atoms. The van der Waals surface area contributed by atoms with Gasteiger partial charge >= 0.3 is 5.97 Å². The van der Waals surface area contributed by atoms with E-state index in [1.807, 2.05) is 0 Å². The number of alkyl halides is 1. The summed E-state index contributed by atoms with van der Waals surface area (Å²) in [6, 6.07) is 0. The molecule has 1 saturated heterocycles. The highest BCUT2D eigenvalue weighted by molar-refractivity contribution is 5.72. The zero-order chi connectivity index (χ0) is 10.1. The van der Waals surface area contributed by atoms with Crippen molar-refractivity contribution in [3.8, 4) is 0 Å². The molecule has 1 aliphatic rings. The van der Waals surface area contributed by atoms with Crippen molar-refractivity contribution in [2.45, 2.75) is 38.3 Å². The Kier molecular flexibility index (Phi) is 2.87. The van der Waals surface area contributed by atoms with Crippen molar-refractivity contribution < 1.29 is 23.8 Å². The highest BCUT2D eigenvalue weighted by atomic mass is 19.1. The highest BCUT2D eigenvalue weighted by Gasteiger charge is 2.35. The molecule has 0 spiro atoms. The molecule has 2 unspecified atom stereocenters. The fraction of sp³-hybridized carbons (Fsp3) is 0.875. The first kappa shape index (κ1) is 10.4. The molecule has 1 fully saturated rings. The standard InChI is InChI=1S/C8H13FO4/c1-8(2)12-4-5(13-8)3-6(9)7(10)11/h5-6H,3-4H2,1-2H3,(H,10,11). The molecule has 0 amide bonds. The van der Waals surface area contributed by atoms with Crippen LogP contribution in [0.2, 0.25) is 0 Å². The van der Waals surface area contributed by atoms with Crippen molar-refractivity contribution in [3.05, 3.63) is 0 Å². The molecule has 1 heterocycles. The van der Waals surface area contributed by atoms with Crippen LogP contribution in [-0.2, 0) is 14.3 Å². The second-order valence-corrected chi connectivity index (χ2v) is 3.49. The largest absolute Gasteiger partial charge is 0.479 e. The molecular formula is C8H13FO4. The summed E-state index contributed by atoms with van der Waals surface area (Å²) in [5, 5.41) is 8.30. The van der Waals surface area contributed by atoms with Crippen molar-refractivity contribution in [3.63, 3.8) is 0 Å². The normalized spacial score (nSPS) is 28.7. The molecule has 0 aliphatic carbocycles. The van der Waals surface area contributed by atoms with Crippen molar-refractivity contribution in [1.29, 1.82) is 0 Å². The van der Waals surface area contributed by atoms with Crippen molar-refractivity contribution in [2.24, 2.45) is 0 Å². The lowest BCUT2D eigenvalue weighted by Gasteiger charge is -2.17. The summed E-state index contributed by atoms with van der Waals surface area (Å²) < 4.78 is 23.1. The molecule has 1 N–H and O–H groups in total. The van der Waals surface area contributed by atoms with Crippen LogP contribution in [0.3, 0.4) is 0 Å². The Morgan fingerprint density at radius 2 is 2.38 bits per heavy atom. The van der Waals surface area contributed by atoms with Gasteiger partial charge in [0.05, 0.1) is 12.7 Å². The molecule has 1 rings (SSSR count). The first-order chi connectivity index (χ1) is 5.91. The number of halogens is 1. The van der Waals surface area contributed by atoms with Crippen molar-refractivity contribution >= 4 is 5.97 Å². The molecule has 76 valence electrons. The lowest BCUT2D eigenvalue weighted by molar-refractivity contribution is -0.150. The van der Waals surface area contributed by atoms with Crippen LogP contribution in [0.5, 0.6) is 0 Å². The smallest absolute Gasteiger partial charge is 0.338 e. The Balaban J connectivity index is 2.36. The molecule has 2 atom stereocenters. The third kappa shape index (κ3) is 2.93. The van der Waals surface area contributed by atoms with Crippen LogP contribution in [-0.4, -0.2) is 35.7 Å². The van der Waals surface area contributed by atoms with E-state index in [1.54, 1.807) is 13.8 Å². The summed E-state index contributed by atoms with van der Waals surface area (Å²) in [5.74, 6) is -2.17. The lowest BCUT2D eigenvalue weighted by atomic mass is 10.2. The zero-order valence-electron chi connectivity index (χ0n) is 7.62. The number of hydrogen-bond acceptors (Lipinski definition) is 3. The molecule has 0 aromatic rings. The van der Waals surface area contributed by atoms with E-state index in [9.17, 15) is 9.18 Å². The molecule has 0 aromatic carbocycles. The first-order valence-electron chi connectivity index (χ1n) is 4.09. The predicted octanol–water partition coefficient (Wildman–Crippen LogP) is 0.951. The maximum Gasteiger partial charge on any atom is 0.338 e. The van der Waals surface area contributed by atoms with E-state index >= 15 is 0 Å². The zero-order valence-corrected chi connectivity index (χ0v) is 7.62. The number of aliphatic carboxylic acids is 1. The van der Waals surface area contributed by atoms with Crippen molar-refractivity contribution in [2.75, 3.05) is 6.61 Å². The number of ether oxygens (including phenoxy) is 2. The predicted molar refractivity (Wildman–Crippen MR) is 42.1 cm³/mol. The summed E-state index contributed by atoms with van der Waals surface area (Å²) in [6.07, 6.45) is -2.48. The number of hydrogen-bond donors (Lipinski definition) is 1. The van der Waals surface area contributed by atoms with E-state index in [2.05, 4.69) is 0 Å². The van der Waals surface area contributed by atoms with Crippen LogP contribution < -0.4 is 0 Å². The molecule has 4 nitrogen and oxygen atoms in total. The van der Waals surface area contributed by atoms with Gasteiger partial charge in [0, 0.05) is 6.42 Å². The van der Waals surface area contributed by atoms with Gasteiger partial charge in [-0.3, -0.25) is 0 Å². The van der Waals surface area contributed by atoms with E-state index < -0.39 is 24.0 Å².